The Morgan fingerprint density at radius 1 is 1.08 bits per heavy atom. The van der Waals surface area contributed by atoms with Crippen molar-refractivity contribution >= 4 is 5.78 Å². The highest BCUT2D eigenvalue weighted by Crippen LogP contribution is 2.25. The van der Waals surface area contributed by atoms with Gasteiger partial charge in [-0.2, -0.15) is 0 Å². The summed E-state index contributed by atoms with van der Waals surface area (Å²) < 4.78 is 1.62. The van der Waals surface area contributed by atoms with Crippen molar-refractivity contribution in [1.29, 1.82) is 0 Å². The maximum absolute atomic E-state index is 12.6. The molecule has 2 aromatic rings. The number of nitrogens with one attached hydrogen (secondary N) is 1. The normalized spacial score (nSPS) is 15.5. The highest BCUT2D eigenvalue weighted by Gasteiger charge is 2.22. The van der Waals surface area contributed by atoms with Gasteiger partial charge in [-0.3, -0.25) is 9.59 Å². The first-order valence-electron chi connectivity index (χ1n) is 8.51. The highest BCUT2D eigenvalue weighted by molar-refractivity contribution is 5.98. The first kappa shape index (κ1) is 16.7. The zero-order valence-electron chi connectivity index (χ0n) is 14.6. The van der Waals surface area contributed by atoms with E-state index in [0.717, 1.165) is 53.7 Å². The lowest BCUT2D eigenvalue weighted by Gasteiger charge is -2.21. The second-order valence-electron chi connectivity index (χ2n) is 6.67. The van der Waals surface area contributed by atoms with Gasteiger partial charge in [0.25, 0.3) is 5.56 Å². The number of ketones is 1. The van der Waals surface area contributed by atoms with Crippen molar-refractivity contribution in [3.8, 4) is 11.1 Å². The molecule has 126 valence electrons. The molecule has 1 aliphatic heterocycles. The fraction of sp³-hybridized carbons (Fsp3) is 0.400. The summed E-state index contributed by atoms with van der Waals surface area (Å²) in [5, 5.41) is 3.29. The molecule has 1 aromatic heterocycles. The second kappa shape index (κ2) is 6.73. The summed E-state index contributed by atoms with van der Waals surface area (Å²) in [5.74, 6) is 0.384. The Hall–Kier alpha value is -2.20. The van der Waals surface area contributed by atoms with Crippen LogP contribution in [0.15, 0.2) is 35.3 Å². The number of hydrogen-bond acceptors (Lipinski definition) is 3. The maximum atomic E-state index is 12.6. The minimum atomic E-state index is 0.0361. The summed E-state index contributed by atoms with van der Waals surface area (Å²) >= 11 is 0. The summed E-state index contributed by atoms with van der Waals surface area (Å²) in [5.41, 5.74) is 4.66. The van der Waals surface area contributed by atoms with E-state index < -0.39 is 0 Å². The lowest BCUT2D eigenvalue weighted by molar-refractivity contribution is 0.0895. The lowest BCUT2D eigenvalue weighted by Crippen LogP contribution is -2.31. The van der Waals surface area contributed by atoms with Crippen molar-refractivity contribution in [2.45, 2.75) is 26.7 Å². The summed E-state index contributed by atoms with van der Waals surface area (Å²) in [6.45, 7) is 5.67. The van der Waals surface area contributed by atoms with Gasteiger partial charge >= 0.3 is 0 Å². The quantitative estimate of drug-likeness (QED) is 0.883. The van der Waals surface area contributed by atoms with Crippen molar-refractivity contribution < 1.29 is 4.79 Å². The van der Waals surface area contributed by atoms with Crippen LogP contribution < -0.4 is 10.9 Å². The molecule has 1 aromatic carbocycles. The predicted molar refractivity (Wildman–Crippen MR) is 96.5 cm³/mol. The number of aryl methyl sites for hydroxylation is 1. The van der Waals surface area contributed by atoms with Crippen molar-refractivity contribution in [3.63, 3.8) is 0 Å². The topological polar surface area (TPSA) is 51.1 Å². The Morgan fingerprint density at radius 2 is 1.71 bits per heavy atom. The van der Waals surface area contributed by atoms with E-state index in [4.69, 9.17) is 0 Å². The summed E-state index contributed by atoms with van der Waals surface area (Å²) in [7, 11) is 1.77. The van der Waals surface area contributed by atoms with Gasteiger partial charge in [0, 0.05) is 35.9 Å². The molecule has 0 amide bonds. The number of Topliss-reactive ketones (excluding diaryl/α,β-unsaturated/α-hetero) is 1. The molecule has 0 radical (unpaired) electrons. The van der Waals surface area contributed by atoms with Crippen LogP contribution in [0.4, 0.5) is 0 Å². The first-order valence-corrected chi connectivity index (χ1v) is 8.51. The van der Waals surface area contributed by atoms with Gasteiger partial charge in [0.1, 0.15) is 0 Å². The Morgan fingerprint density at radius 3 is 2.33 bits per heavy atom. The molecule has 0 saturated carbocycles. The number of piperidine rings is 1. The lowest BCUT2D eigenvalue weighted by atomic mass is 9.89. The average Bonchev–Trinajstić information content (AvgIpc) is 2.63. The monoisotopic (exact) mass is 324 g/mol. The minimum Gasteiger partial charge on any atom is -0.318 e. The van der Waals surface area contributed by atoms with Gasteiger partial charge in [0.2, 0.25) is 0 Å². The minimum absolute atomic E-state index is 0.0361. The van der Waals surface area contributed by atoms with Crippen molar-refractivity contribution in [2.75, 3.05) is 13.1 Å². The van der Waals surface area contributed by atoms with Crippen LogP contribution in [0.3, 0.4) is 0 Å². The molecule has 0 atom stereocenters. The fourth-order valence-electron chi connectivity index (χ4n) is 3.40. The molecule has 1 aliphatic rings. The maximum Gasteiger partial charge on any atom is 0.253 e. The number of carbonyl (C=O) groups is 1. The van der Waals surface area contributed by atoms with Gasteiger partial charge in [-0.1, -0.05) is 24.3 Å². The van der Waals surface area contributed by atoms with Gasteiger partial charge in [-0.25, -0.2) is 0 Å². The Balaban J connectivity index is 1.90. The Kier molecular flexibility index (Phi) is 4.67. The van der Waals surface area contributed by atoms with Gasteiger partial charge in [0.15, 0.2) is 5.78 Å². The Labute approximate surface area is 142 Å². The highest BCUT2D eigenvalue weighted by atomic mass is 16.1. The molecule has 4 nitrogen and oxygen atoms in total. The standard InChI is InChI=1S/C20H24N2O2/c1-13-14(2)20(24)22(3)12-18(13)15-4-6-16(7-5-15)19(23)17-8-10-21-11-9-17/h4-7,12,17,21H,8-11H2,1-3H3. The third kappa shape index (κ3) is 3.06. The fourth-order valence-corrected chi connectivity index (χ4v) is 3.40. The van der Waals surface area contributed by atoms with Gasteiger partial charge < -0.3 is 9.88 Å². The third-order valence-corrected chi connectivity index (χ3v) is 5.12. The van der Waals surface area contributed by atoms with Gasteiger partial charge in [-0.05, 0) is 50.9 Å². The van der Waals surface area contributed by atoms with Crippen LogP contribution in [0.2, 0.25) is 0 Å². The van der Waals surface area contributed by atoms with Crippen molar-refractivity contribution in [2.24, 2.45) is 13.0 Å². The van der Waals surface area contributed by atoms with Crippen LogP contribution in [-0.4, -0.2) is 23.4 Å². The van der Waals surface area contributed by atoms with Crippen LogP contribution in [-0.2, 0) is 7.05 Å². The second-order valence-corrected chi connectivity index (χ2v) is 6.67. The molecule has 0 aliphatic carbocycles. The van der Waals surface area contributed by atoms with Crippen LogP contribution in [0.1, 0.15) is 34.3 Å². The van der Waals surface area contributed by atoms with E-state index in [1.807, 2.05) is 44.3 Å². The number of pyridine rings is 1. The van der Waals surface area contributed by atoms with Crippen molar-refractivity contribution in [3.05, 3.63) is 57.5 Å². The average molecular weight is 324 g/mol. The van der Waals surface area contributed by atoms with E-state index in [-0.39, 0.29) is 17.3 Å². The smallest absolute Gasteiger partial charge is 0.253 e. The number of nitrogens with zero attached hydrogens (tertiary/aromatic N) is 1. The summed E-state index contributed by atoms with van der Waals surface area (Å²) in [6.07, 6.45) is 3.70. The molecular weight excluding hydrogens is 300 g/mol. The largest absolute Gasteiger partial charge is 0.318 e. The van der Waals surface area contributed by atoms with Crippen LogP contribution in [0, 0.1) is 19.8 Å². The van der Waals surface area contributed by atoms with E-state index in [0.29, 0.717) is 0 Å². The third-order valence-electron chi connectivity index (χ3n) is 5.12. The first-order chi connectivity index (χ1) is 11.5. The summed E-state index contributed by atoms with van der Waals surface area (Å²) in [6, 6.07) is 7.81. The van der Waals surface area contributed by atoms with Gasteiger partial charge in [-0.15, -0.1) is 0 Å². The van der Waals surface area contributed by atoms with Crippen LogP contribution in [0.5, 0.6) is 0 Å². The molecular formula is C20H24N2O2. The molecule has 1 saturated heterocycles. The van der Waals surface area contributed by atoms with E-state index >= 15 is 0 Å². The van der Waals surface area contributed by atoms with Crippen LogP contribution >= 0.6 is 0 Å². The molecule has 24 heavy (non-hydrogen) atoms. The molecule has 4 heteroatoms. The number of hydrogen-bond donors (Lipinski definition) is 1. The molecule has 2 heterocycles. The number of carbonyl (C=O) groups excluding carboxylic acids is 1. The molecule has 1 N–H and O–H groups in total. The molecule has 0 spiro atoms. The Bertz CT molecular complexity index is 813. The van der Waals surface area contributed by atoms with Gasteiger partial charge in [0.05, 0.1) is 0 Å². The van der Waals surface area contributed by atoms with Crippen molar-refractivity contribution in [1.82, 2.24) is 9.88 Å². The van der Waals surface area contributed by atoms with E-state index in [1.54, 1.807) is 11.6 Å². The van der Waals surface area contributed by atoms with E-state index in [1.165, 1.54) is 0 Å². The number of aromatic nitrogens is 1. The molecule has 1 fully saturated rings. The number of benzene rings is 1. The molecule has 3 rings (SSSR count). The van der Waals surface area contributed by atoms with E-state index in [9.17, 15) is 9.59 Å². The number of rotatable bonds is 3. The SMILES string of the molecule is Cc1c(-c2ccc(C(=O)C3CCNCC3)cc2)cn(C)c(=O)c1C. The molecule has 0 unspecified atom stereocenters. The van der Waals surface area contributed by atoms with Crippen LogP contribution in [0.25, 0.3) is 11.1 Å². The zero-order chi connectivity index (χ0) is 17.3. The summed E-state index contributed by atoms with van der Waals surface area (Å²) in [4.78, 5) is 24.6. The molecule has 0 bridgehead atoms. The zero-order valence-corrected chi connectivity index (χ0v) is 14.6. The predicted octanol–water partition coefficient (Wildman–Crippen LogP) is 2.85. The van der Waals surface area contributed by atoms with E-state index in [2.05, 4.69) is 5.32 Å².